The Morgan fingerprint density at radius 1 is 0.939 bits per heavy atom. The molecule has 2 aromatic heterocycles. The van der Waals surface area contributed by atoms with Crippen LogP contribution in [0, 0.1) is 0 Å². The van der Waals surface area contributed by atoms with Crippen LogP contribution in [0.25, 0.3) is 11.0 Å². The maximum atomic E-state index is 12.5. The topological polar surface area (TPSA) is 88.1 Å². The van der Waals surface area contributed by atoms with Crippen LogP contribution in [0.4, 0.5) is 0 Å². The summed E-state index contributed by atoms with van der Waals surface area (Å²) in [4.78, 5) is 25.0. The Balaban J connectivity index is 1.48. The Hall–Kier alpha value is -4.00. The lowest BCUT2D eigenvalue weighted by molar-refractivity contribution is 0.245. The molecule has 0 aliphatic heterocycles. The highest BCUT2D eigenvalue weighted by Gasteiger charge is 2.16. The molecule has 170 valence electrons. The van der Waals surface area contributed by atoms with Crippen LogP contribution in [0.5, 0.6) is 17.2 Å². The van der Waals surface area contributed by atoms with Gasteiger partial charge < -0.3 is 23.0 Å². The number of benzene rings is 2. The average Bonchev–Trinajstić information content (AvgIpc) is 2.83. The Bertz CT molecular complexity index is 1350. The molecular formula is C26H24O7. The van der Waals surface area contributed by atoms with Crippen molar-refractivity contribution in [1.82, 2.24) is 0 Å². The van der Waals surface area contributed by atoms with Gasteiger partial charge in [-0.05, 0) is 30.2 Å². The first-order valence-corrected chi connectivity index (χ1v) is 10.6. The molecule has 0 aliphatic carbocycles. The standard InChI is InChI=1S/C26H24O7/c1-3-6-21-20-7-4-5-8-23(20)33-26(28)25(21)32-15-19-13-22(27)24(16-30-19)31-14-17-9-11-18(29-2)12-10-17/h4-5,7-13,16H,3,6,14-15H2,1-2H3. The predicted molar refractivity (Wildman–Crippen MR) is 123 cm³/mol. The first-order valence-electron chi connectivity index (χ1n) is 10.6. The van der Waals surface area contributed by atoms with Gasteiger partial charge in [0, 0.05) is 17.0 Å². The largest absolute Gasteiger partial charge is 0.497 e. The van der Waals surface area contributed by atoms with Crippen LogP contribution in [-0.2, 0) is 19.6 Å². The molecule has 4 aromatic rings. The summed E-state index contributed by atoms with van der Waals surface area (Å²) in [7, 11) is 1.60. The third kappa shape index (κ3) is 5.09. The van der Waals surface area contributed by atoms with Crippen molar-refractivity contribution in [3.8, 4) is 17.2 Å². The highest BCUT2D eigenvalue weighted by Crippen LogP contribution is 2.26. The zero-order chi connectivity index (χ0) is 23.2. The Kier molecular flexibility index (Phi) is 6.78. The molecule has 0 saturated heterocycles. The molecule has 0 radical (unpaired) electrons. The van der Waals surface area contributed by atoms with Crippen LogP contribution < -0.4 is 25.3 Å². The number of aryl methyl sites for hydroxylation is 1. The zero-order valence-corrected chi connectivity index (χ0v) is 18.5. The van der Waals surface area contributed by atoms with Gasteiger partial charge in [0.2, 0.25) is 16.9 Å². The van der Waals surface area contributed by atoms with E-state index in [1.54, 1.807) is 13.2 Å². The molecule has 4 rings (SSSR count). The lowest BCUT2D eigenvalue weighted by Gasteiger charge is -2.12. The van der Waals surface area contributed by atoms with Gasteiger partial charge in [0.25, 0.3) is 0 Å². The molecule has 2 aromatic carbocycles. The van der Waals surface area contributed by atoms with Crippen LogP contribution in [0.15, 0.2) is 79.3 Å². The molecule has 0 aliphatic rings. The third-order valence-corrected chi connectivity index (χ3v) is 5.14. The molecule has 0 atom stereocenters. The van der Waals surface area contributed by atoms with Crippen molar-refractivity contribution >= 4 is 11.0 Å². The van der Waals surface area contributed by atoms with Gasteiger partial charge in [-0.1, -0.05) is 43.7 Å². The van der Waals surface area contributed by atoms with Gasteiger partial charge in [-0.25, -0.2) is 4.79 Å². The van der Waals surface area contributed by atoms with Crippen molar-refractivity contribution in [2.75, 3.05) is 7.11 Å². The van der Waals surface area contributed by atoms with Crippen LogP contribution in [0.2, 0.25) is 0 Å². The van der Waals surface area contributed by atoms with E-state index in [2.05, 4.69) is 0 Å². The second-order valence-electron chi connectivity index (χ2n) is 7.44. The summed E-state index contributed by atoms with van der Waals surface area (Å²) in [6.07, 6.45) is 2.74. The second kappa shape index (κ2) is 10.1. The zero-order valence-electron chi connectivity index (χ0n) is 18.5. The Labute approximate surface area is 190 Å². The fourth-order valence-corrected chi connectivity index (χ4v) is 3.49. The monoisotopic (exact) mass is 448 g/mol. The van der Waals surface area contributed by atoms with E-state index in [4.69, 9.17) is 23.0 Å². The van der Waals surface area contributed by atoms with Crippen LogP contribution in [0.3, 0.4) is 0 Å². The normalized spacial score (nSPS) is 10.8. The molecule has 0 unspecified atom stereocenters. The van der Waals surface area contributed by atoms with E-state index in [0.717, 1.165) is 28.7 Å². The van der Waals surface area contributed by atoms with Crippen LogP contribution >= 0.6 is 0 Å². The summed E-state index contributed by atoms with van der Waals surface area (Å²) >= 11 is 0. The highest BCUT2D eigenvalue weighted by molar-refractivity contribution is 5.82. The van der Waals surface area contributed by atoms with E-state index in [0.29, 0.717) is 12.0 Å². The van der Waals surface area contributed by atoms with E-state index in [1.165, 1.54) is 12.3 Å². The minimum atomic E-state index is -0.557. The van der Waals surface area contributed by atoms with Crippen molar-refractivity contribution < 1.29 is 23.0 Å². The van der Waals surface area contributed by atoms with Gasteiger partial charge in [0.1, 0.15) is 36.6 Å². The Morgan fingerprint density at radius 2 is 1.73 bits per heavy atom. The highest BCUT2D eigenvalue weighted by atomic mass is 16.5. The van der Waals surface area contributed by atoms with Gasteiger partial charge in [-0.3, -0.25) is 4.79 Å². The SMILES string of the molecule is CCCc1c(OCc2cc(=O)c(OCc3ccc(OC)cc3)co2)c(=O)oc2ccccc12. The van der Waals surface area contributed by atoms with E-state index in [-0.39, 0.29) is 35.9 Å². The molecule has 0 fully saturated rings. The number of hydrogen-bond donors (Lipinski definition) is 0. The summed E-state index contributed by atoms with van der Waals surface area (Å²) in [5.74, 6) is 1.24. The lowest BCUT2D eigenvalue weighted by Crippen LogP contribution is -2.13. The summed E-state index contributed by atoms with van der Waals surface area (Å²) in [6, 6.07) is 16.0. The molecule has 33 heavy (non-hydrogen) atoms. The van der Waals surface area contributed by atoms with Gasteiger partial charge in [0.15, 0.2) is 0 Å². The first-order chi connectivity index (χ1) is 16.1. The van der Waals surface area contributed by atoms with E-state index in [1.807, 2.05) is 49.4 Å². The van der Waals surface area contributed by atoms with Crippen molar-refractivity contribution in [3.05, 3.63) is 98.4 Å². The van der Waals surface area contributed by atoms with Gasteiger partial charge in [-0.15, -0.1) is 0 Å². The molecule has 0 saturated carbocycles. The number of methoxy groups -OCH3 is 1. The Morgan fingerprint density at radius 3 is 2.45 bits per heavy atom. The molecule has 0 spiro atoms. The second-order valence-corrected chi connectivity index (χ2v) is 7.44. The number of hydrogen-bond acceptors (Lipinski definition) is 7. The van der Waals surface area contributed by atoms with E-state index in [9.17, 15) is 9.59 Å². The lowest BCUT2D eigenvalue weighted by atomic mass is 10.0. The number of rotatable bonds is 9. The summed E-state index contributed by atoms with van der Waals surface area (Å²) in [6.45, 7) is 2.15. The van der Waals surface area contributed by atoms with Crippen LogP contribution in [0.1, 0.15) is 30.2 Å². The number of para-hydroxylation sites is 1. The minimum Gasteiger partial charge on any atom is -0.497 e. The molecular weight excluding hydrogens is 424 g/mol. The first kappa shape index (κ1) is 22.2. The molecule has 0 bridgehead atoms. The molecule has 0 amide bonds. The van der Waals surface area contributed by atoms with Crippen LogP contribution in [-0.4, -0.2) is 7.11 Å². The maximum absolute atomic E-state index is 12.5. The number of fused-ring (bicyclic) bond motifs is 1. The van der Waals surface area contributed by atoms with Crippen molar-refractivity contribution in [1.29, 1.82) is 0 Å². The van der Waals surface area contributed by atoms with Gasteiger partial charge >= 0.3 is 5.63 Å². The van der Waals surface area contributed by atoms with E-state index < -0.39 is 5.63 Å². The minimum absolute atomic E-state index is 0.0893. The van der Waals surface area contributed by atoms with Crippen molar-refractivity contribution in [2.24, 2.45) is 0 Å². The molecule has 2 heterocycles. The smallest absolute Gasteiger partial charge is 0.379 e. The summed E-state index contributed by atoms with van der Waals surface area (Å²) in [5.41, 5.74) is 1.29. The quantitative estimate of drug-likeness (QED) is 0.338. The van der Waals surface area contributed by atoms with Gasteiger partial charge in [-0.2, -0.15) is 0 Å². The number of ether oxygens (including phenoxy) is 3. The molecule has 7 nitrogen and oxygen atoms in total. The summed E-state index contributed by atoms with van der Waals surface area (Å²) < 4.78 is 27.4. The maximum Gasteiger partial charge on any atom is 0.379 e. The van der Waals surface area contributed by atoms with E-state index >= 15 is 0 Å². The molecule has 0 N–H and O–H groups in total. The van der Waals surface area contributed by atoms with Gasteiger partial charge in [0.05, 0.1) is 7.11 Å². The average molecular weight is 448 g/mol. The van der Waals surface area contributed by atoms with Crippen molar-refractivity contribution in [3.63, 3.8) is 0 Å². The summed E-state index contributed by atoms with van der Waals surface area (Å²) in [5, 5.41) is 0.831. The predicted octanol–water partition coefficient (Wildman–Crippen LogP) is 4.87. The fourth-order valence-electron chi connectivity index (χ4n) is 3.49. The third-order valence-electron chi connectivity index (χ3n) is 5.14. The fraction of sp³-hybridized carbons (Fsp3) is 0.231. The van der Waals surface area contributed by atoms with Crippen molar-refractivity contribution in [2.45, 2.75) is 33.0 Å². The molecule has 7 heteroatoms.